The molecule has 76 valence electrons. The van der Waals surface area contributed by atoms with Crippen LogP contribution in [0.15, 0.2) is 30.3 Å². The van der Waals surface area contributed by atoms with E-state index in [0.29, 0.717) is 0 Å². The molecule has 3 nitrogen and oxygen atoms in total. The van der Waals surface area contributed by atoms with Crippen molar-refractivity contribution in [2.75, 3.05) is 0 Å². The first-order valence-corrected chi connectivity index (χ1v) is 5.62. The molecule has 1 aromatic rings. The van der Waals surface area contributed by atoms with E-state index in [2.05, 4.69) is 0 Å². The minimum absolute atomic E-state index is 0.0989. The van der Waals surface area contributed by atoms with Gasteiger partial charge in [-0.15, -0.1) is 0 Å². The van der Waals surface area contributed by atoms with Crippen LogP contribution in [0.2, 0.25) is 0 Å². The first-order valence-electron chi connectivity index (χ1n) is 4.62. The molecule has 1 aromatic carbocycles. The van der Waals surface area contributed by atoms with E-state index in [-0.39, 0.29) is 12.2 Å². The van der Waals surface area contributed by atoms with E-state index >= 15 is 0 Å². The number of hydrogen-bond acceptors (Lipinski definition) is 3. The Hall–Kier alpha value is -0.710. The van der Waals surface area contributed by atoms with Crippen LogP contribution in [-0.4, -0.2) is 10.3 Å². The van der Waals surface area contributed by atoms with E-state index in [4.69, 9.17) is 8.37 Å². The first kappa shape index (κ1) is 9.83. The van der Waals surface area contributed by atoms with Crippen molar-refractivity contribution in [2.45, 2.75) is 25.6 Å². The first-order chi connectivity index (χ1) is 6.81. The molecule has 0 spiro atoms. The van der Waals surface area contributed by atoms with Crippen LogP contribution in [0.3, 0.4) is 0 Å². The Morgan fingerprint density at radius 1 is 1.29 bits per heavy atom. The highest BCUT2D eigenvalue weighted by Gasteiger charge is 2.34. The minimum atomic E-state index is -1.58. The van der Waals surface area contributed by atoms with E-state index in [0.717, 1.165) is 12.0 Å². The zero-order valence-electron chi connectivity index (χ0n) is 7.88. The van der Waals surface area contributed by atoms with Crippen LogP contribution in [0.5, 0.6) is 0 Å². The van der Waals surface area contributed by atoms with Gasteiger partial charge in [-0.25, -0.2) is 0 Å². The fourth-order valence-corrected chi connectivity index (χ4v) is 2.40. The summed E-state index contributed by atoms with van der Waals surface area (Å²) >= 11 is -1.58. The lowest BCUT2D eigenvalue weighted by atomic mass is 10.0. The molecule has 4 heteroatoms. The Labute approximate surface area is 85.9 Å². The summed E-state index contributed by atoms with van der Waals surface area (Å²) in [6.45, 7) is 1.99. The van der Waals surface area contributed by atoms with Gasteiger partial charge in [-0.05, 0) is 12.0 Å². The third kappa shape index (κ3) is 1.87. The summed E-state index contributed by atoms with van der Waals surface area (Å²) < 4.78 is 21.4. The molecule has 2 rings (SSSR count). The minimum Gasteiger partial charge on any atom is -0.262 e. The van der Waals surface area contributed by atoms with E-state index in [1.807, 2.05) is 37.3 Å². The fourth-order valence-electron chi connectivity index (χ4n) is 1.52. The summed E-state index contributed by atoms with van der Waals surface area (Å²) in [5.41, 5.74) is 1.02. The average Bonchev–Trinajstić information content (AvgIpc) is 2.61. The van der Waals surface area contributed by atoms with Crippen molar-refractivity contribution in [2.24, 2.45) is 0 Å². The van der Waals surface area contributed by atoms with Crippen molar-refractivity contribution in [3.05, 3.63) is 35.9 Å². The van der Waals surface area contributed by atoms with Crippen LogP contribution in [0.4, 0.5) is 0 Å². The second kappa shape index (κ2) is 4.21. The molecule has 0 amide bonds. The zero-order valence-corrected chi connectivity index (χ0v) is 8.70. The normalized spacial score (nSPS) is 31.9. The molecule has 3 atom stereocenters. The molecular weight excluding hydrogens is 200 g/mol. The maximum absolute atomic E-state index is 11.1. The highest BCUT2D eigenvalue weighted by atomic mass is 32.2. The van der Waals surface area contributed by atoms with Gasteiger partial charge in [0, 0.05) is 0 Å². The molecule has 1 saturated heterocycles. The van der Waals surface area contributed by atoms with Crippen molar-refractivity contribution in [3.8, 4) is 0 Å². The maximum atomic E-state index is 11.1. The predicted octanol–water partition coefficient (Wildman–Crippen LogP) is 2.13. The molecule has 14 heavy (non-hydrogen) atoms. The molecule has 1 fully saturated rings. The van der Waals surface area contributed by atoms with E-state index in [1.165, 1.54) is 0 Å². The summed E-state index contributed by atoms with van der Waals surface area (Å²) in [6, 6.07) is 9.73. The van der Waals surface area contributed by atoms with Gasteiger partial charge in [0.05, 0.1) is 0 Å². The highest BCUT2D eigenvalue weighted by Crippen LogP contribution is 2.32. The molecule has 1 heterocycles. The molecule has 0 radical (unpaired) electrons. The standard InChI is InChI=1S/C10H12O3S/c1-2-9-10(13-14(11)12-9)8-6-4-3-5-7-8/h3-7,9-10H,2H2,1H3. The smallest absolute Gasteiger partial charge is 0.262 e. The van der Waals surface area contributed by atoms with Gasteiger partial charge in [-0.3, -0.25) is 8.37 Å². The van der Waals surface area contributed by atoms with Crippen LogP contribution in [0.25, 0.3) is 0 Å². The SMILES string of the molecule is CCC1OS(=O)OC1c1ccccc1. The number of benzene rings is 1. The molecule has 0 saturated carbocycles. The summed E-state index contributed by atoms with van der Waals surface area (Å²) in [5, 5.41) is 0. The number of hydrogen-bond donors (Lipinski definition) is 0. The van der Waals surface area contributed by atoms with E-state index in [1.54, 1.807) is 0 Å². The lowest BCUT2D eigenvalue weighted by molar-refractivity contribution is 0.153. The van der Waals surface area contributed by atoms with Gasteiger partial charge in [0.15, 0.2) is 0 Å². The third-order valence-electron chi connectivity index (χ3n) is 2.25. The molecule has 1 aliphatic rings. The quantitative estimate of drug-likeness (QED) is 0.753. The molecule has 0 aromatic heterocycles. The highest BCUT2D eigenvalue weighted by molar-refractivity contribution is 7.75. The zero-order chi connectivity index (χ0) is 9.97. The second-order valence-corrected chi connectivity index (χ2v) is 3.97. The van der Waals surface area contributed by atoms with Crippen LogP contribution in [0, 0.1) is 0 Å². The molecule has 0 N–H and O–H groups in total. The summed E-state index contributed by atoms with van der Waals surface area (Å²) in [4.78, 5) is 0. The van der Waals surface area contributed by atoms with Gasteiger partial charge >= 0.3 is 11.4 Å². The van der Waals surface area contributed by atoms with Gasteiger partial charge in [-0.2, -0.15) is 4.21 Å². The Kier molecular flexibility index (Phi) is 2.96. The molecule has 0 aliphatic carbocycles. The monoisotopic (exact) mass is 212 g/mol. The van der Waals surface area contributed by atoms with E-state index < -0.39 is 11.4 Å². The lowest BCUT2D eigenvalue weighted by Crippen LogP contribution is -2.13. The van der Waals surface area contributed by atoms with Crippen molar-refractivity contribution < 1.29 is 12.6 Å². The van der Waals surface area contributed by atoms with Gasteiger partial charge < -0.3 is 0 Å². The van der Waals surface area contributed by atoms with Crippen molar-refractivity contribution in [1.82, 2.24) is 0 Å². The Morgan fingerprint density at radius 2 is 2.00 bits per heavy atom. The Morgan fingerprint density at radius 3 is 2.64 bits per heavy atom. The summed E-state index contributed by atoms with van der Waals surface area (Å²) in [6.07, 6.45) is 0.506. The van der Waals surface area contributed by atoms with Gasteiger partial charge in [0.2, 0.25) is 0 Å². The van der Waals surface area contributed by atoms with Crippen molar-refractivity contribution >= 4 is 11.4 Å². The Balaban J connectivity index is 2.22. The number of rotatable bonds is 2. The molecule has 0 bridgehead atoms. The van der Waals surface area contributed by atoms with Gasteiger partial charge in [0.1, 0.15) is 12.2 Å². The topological polar surface area (TPSA) is 35.5 Å². The van der Waals surface area contributed by atoms with E-state index in [9.17, 15) is 4.21 Å². The third-order valence-corrected chi connectivity index (χ3v) is 3.02. The van der Waals surface area contributed by atoms with Crippen molar-refractivity contribution in [3.63, 3.8) is 0 Å². The lowest BCUT2D eigenvalue weighted by Gasteiger charge is -2.12. The van der Waals surface area contributed by atoms with Crippen LogP contribution in [0.1, 0.15) is 25.0 Å². The van der Waals surface area contributed by atoms with Crippen LogP contribution >= 0.6 is 0 Å². The second-order valence-electron chi connectivity index (χ2n) is 3.17. The predicted molar refractivity (Wildman–Crippen MR) is 53.6 cm³/mol. The molecular formula is C10H12O3S. The maximum Gasteiger partial charge on any atom is 0.305 e. The summed E-state index contributed by atoms with van der Waals surface area (Å²) in [7, 11) is 0. The fraction of sp³-hybridized carbons (Fsp3) is 0.400. The average molecular weight is 212 g/mol. The largest absolute Gasteiger partial charge is 0.305 e. The summed E-state index contributed by atoms with van der Waals surface area (Å²) in [5.74, 6) is 0. The Bertz CT molecular complexity index is 325. The van der Waals surface area contributed by atoms with Crippen LogP contribution < -0.4 is 0 Å². The molecule has 3 unspecified atom stereocenters. The van der Waals surface area contributed by atoms with Crippen LogP contribution in [-0.2, 0) is 19.7 Å². The van der Waals surface area contributed by atoms with Crippen molar-refractivity contribution in [1.29, 1.82) is 0 Å². The van der Waals surface area contributed by atoms with Gasteiger partial charge in [0.25, 0.3) is 0 Å². The van der Waals surface area contributed by atoms with Gasteiger partial charge in [-0.1, -0.05) is 37.3 Å². The molecule has 1 aliphatic heterocycles.